The molecule has 0 atom stereocenters. The topological polar surface area (TPSA) is 94.0 Å². The van der Waals surface area contributed by atoms with E-state index in [9.17, 15) is 4.79 Å². The van der Waals surface area contributed by atoms with Gasteiger partial charge in [-0.15, -0.1) is 29.9 Å². The van der Waals surface area contributed by atoms with Crippen molar-refractivity contribution in [2.24, 2.45) is 0 Å². The molecule has 0 saturated carbocycles. The van der Waals surface area contributed by atoms with Crippen molar-refractivity contribution < 1.29 is 9.53 Å². The first kappa shape index (κ1) is 23.6. The number of halogens is 2. The molecule has 1 amide bonds. The maximum Gasteiger partial charge on any atom is 0.278 e. The Hall–Kier alpha value is -2.68. The Morgan fingerprint density at radius 3 is 2.63 bits per heavy atom. The summed E-state index contributed by atoms with van der Waals surface area (Å²) in [4.78, 5) is 16.9. The molecule has 2 N–H and O–H groups in total. The summed E-state index contributed by atoms with van der Waals surface area (Å²) in [6.45, 7) is 3.77. The molecule has 10 heteroatoms. The molecule has 1 fully saturated rings. The third-order valence-electron chi connectivity index (χ3n) is 4.80. The number of carbonyl (C=O) groups is 1. The zero-order chi connectivity index (χ0) is 19.3. The SMILES string of the molecule is Cc1c(C(=O)Nc2cnccc2Oc2ccccc2)nnn1C1CCNCC1.Cl.Cl. The Morgan fingerprint density at radius 2 is 1.90 bits per heavy atom. The number of benzene rings is 1. The molecule has 3 heterocycles. The summed E-state index contributed by atoms with van der Waals surface area (Å²) >= 11 is 0. The first-order valence-electron chi connectivity index (χ1n) is 9.33. The van der Waals surface area contributed by atoms with Crippen LogP contribution >= 0.6 is 24.8 Å². The summed E-state index contributed by atoms with van der Waals surface area (Å²) in [5.41, 5.74) is 1.55. The number of aromatic nitrogens is 4. The van der Waals surface area contributed by atoms with E-state index in [0.717, 1.165) is 31.6 Å². The van der Waals surface area contributed by atoms with Crippen LogP contribution in [-0.4, -0.2) is 39.0 Å². The fourth-order valence-corrected chi connectivity index (χ4v) is 3.31. The van der Waals surface area contributed by atoms with Gasteiger partial charge in [0.15, 0.2) is 11.4 Å². The molecule has 0 unspecified atom stereocenters. The van der Waals surface area contributed by atoms with Crippen molar-refractivity contribution in [3.63, 3.8) is 0 Å². The minimum Gasteiger partial charge on any atom is -0.455 e. The number of hydrogen-bond donors (Lipinski definition) is 2. The Bertz CT molecular complexity index is 961. The number of nitrogens with one attached hydrogen (secondary N) is 2. The van der Waals surface area contributed by atoms with Crippen LogP contribution in [0.15, 0.2) is 48.8 Å². The lowest BCUT2D eigenvalue weighted by molar-refractivity contribution is 0.102. The van der Waals surface area contributed by atoms with Crippen molar-refractivity contribution in [3.05, 3.63) is 60.2 Å². The van der Waals surface area contributed by atoms with Gasteiger partial charge in [-0.25, -0.2) is 4.68 Å². The highest BCUT2D eigenvalue weighted by atomic mass is 35.5. The van der Waals surface area contributed by atoms with E-state index in [-0.39, 0.29) is 36.8 Å². The normalized spacial score (nSPS) is 13.6. The van der Waals surface area contributed by atoms with Crippen LogP contribution in [-0.2, 0) is 0 Å². The highest BCUT2D eigenvalue weighted by molar-refractivity contribution is 6.04. The van der Waals surface area contributed by atoms with E-state index in [1.807, 2.05) is 41.9 Å². The van der Waals surface area contributed by atoms with E-state index in [4.69, 9.17) is 4.74 Å². The fourth-order valence-electron chi connectivity index (χ4n) is 3.31. The van der Waals surface area contributed by atoms with E-state index in [1.165, 1.54) is 0 Å². The highest BCUT2D eigenvalue weighted by Crippen LogP contribution is 2.29. The molecule has 0 spiro atoms. The number of pyridine rings is 1. The van der Waals surface area contributed by atoms with Crippen LogP contribution < -0.4 is 15.4 Å². The Labute approximate surface area is 187 Å². The second-order valence-electron chi connectivity index (χ2n) is 6.69. The molecule has 0 bridgehead atoms. The number of ether oxygens (including phenoxy) is 1. The standard InChI is InChI=1S/C20H22N6O2.2ClH/c1-14-19(24-25-26(14)15-7-10-21-11-8-15)20(27)23-17-13-22-12-9-18(17)28-16-5-3-2-4-6-16;;/h2-6,9,12-13,15,21H,7-8,10-11H2,1H3,(H,23,27);2*1H. The summed E-state index contributed by atoms with van der Waals surface area (Å²) in [5, 5.41) is 14.5. The lowest BCUT2D eigenvalue weighted by Gasteiger charge is -2.23. The Morgan fingerprint density at radius 1 is 1.17 bits per heavy atom. The molecule has 8 nitrogen and oxygen atoms in total. The summed E-state index contributed by atoms with van der Waals surface area (Å²) in [6.07, 6.45) is 5.13. The maximum absolute atomic E-state index is 12.8. The largest absolute Gasteiger partial charge is 0.455 e. The molecule has 160 valence electrons. The highest BCUT2D eigenvalue weighted by Gasteiger charge is 2.23. The number of piperidine rings is 1. The van der Waals surface area contributed by atoms with Crippen molar-refractivity contribution in [1.29, 1.82) is 0 Å². The van der Waals surface area contributed by atoms with Gasteiger partial charge in [-0.3, -0.25) is 9.78 Å². The molecular weight excluding hydrogens is 427 g/mol. The molecule has 0 radical (unpaired) electrons. The quantitative estimate of drug-likeness (QED) is 0.613. The molecule has 2 aromatic heterocycles. The van der Waals surface area contributed by atoms with E-state index in [2.05, 4.69) is 25.9 Å². The second kappa shape index (κ2) is 10.9. The number of anilines is 1. The summed E-state index contributed by atoms with van der Waals surface area (Å²) < 4.78 is 7.74. The molecular formula is C20H24Cl2N6O2. The third kappa shape index (κ3) is 5.27. The summed E-state index contributed by atoms with van der Waals surface area (Å²) in [6, 6.07) is 11.4. The van der Waals surface area contributed by atoms with Crippen LogP contribution in [0.25, 0.3) is 0 Å². The van der Waals surface area contributed by atoms with Crippen LogP contribution in [0.2, 0.25) is 0 Å². The summed E-state index contributed by atoms with van der Waals surface area (Å²) in [5.74, 6) is 0.860. The van der Waals surface area contributed by atoms with Gasteiger partial charge in [-0.2, -0.15) is 0 Å². The van der Waals surface area contributed by atoms with Crippen molar-refractivity contribution in [2.45, 2.75) is 25.8 Å². The van der Waals surface area contributed by atoms with Gasteiger partial charge in [0.2, 0.25) is 0 Å². The second-order valence-corrected chi connectivity index (χ2v) is 6.69. The lowest BCUT2D eigenvalue weighted by Crippen LogP contribution is -2.30. The van der Waals surface area contributed by atoms with Crippen molar-refractivity contribution in [3.8, 4) is 11.5 Å². The zero-order valence-corrected chi connectivity index (χ0v) is 18.1. The van der Waals surface area contributed by atoms with Gasteiger partial charge in [0.1, 0.15) is 11.4 Å². The summed E-state index contributed by atoms with van der Waals surface area (Å²) in [7, 11) is 0. The predicted octanol–water partition coefficient (Wildman–Crippen LogP) is 3.79. The molecule has 0 aliphatic carbocycles. The molecule has 1 saturated heterocycles. The zero-order valence-electron chi connectivity index (χ0n) is 16.4. The number of amides is 1. The van der Waals surface area contributed by atoms with Crippen LogP contribution in [0.1, 0.15) is 35.1 Å². The smallest absolute Gasteiger partial charge is 0.278 e. The number of nitrogens with zero attached hydrogens (tertiary/aromatic N) is 4. The van der Waals surface area contributed by atoms with Gasteiger partial charge in [0.25, 0.3) is 5.91 Å². The van der Waals surface area contributed by atoms with Crippen molar-refractivity contribution in [2.75, 3.05) is 18.4 Å². The van der Waals surface area contributed by atoms with Gasteiger partial charge < -0.3 is 15.4 Å². The van der Waals surface area contributed by atoms with Gasteiger partial charge >= 0.3 is 0 Å². The molecule has 1 aliphatic rings. The van der Waals surface area contributed by atoms with Crippen LogP contribution in [0.5, 0.6) is 11.5 Å². The van der Waals surface area contributed by atoms with E-state index in [1.54, 1.807) is 18.5 Å². The number of rotatable bonds is 5. The molecule has 1 aliphatic heterocycles. The predicted molar refractivity (Wildman–Crippen MR) is 119 cm³/mol. The first-order valence-corrected chi connectivity index (χ1v) is 9.33. The van der Waals surface area contributed by atoms with E-state index >= 15 is 0 Å². The number of hydrogen-bond acceptors (Lipinski definition) is 6. The third-order valence-corrected chi connectivity index (χ3v) is 4.80. The minimum absolute atomic E-state index is 0. The van der Waals surface area contributed by atoms with Gasteiger partial charge in [-0.1, -0.05) is 23.4 Å². The average molecular weight is 451 g/mol. The molecule has 4 rings (SSSR count). The number of carbonyl (C=O) groups excluding carboxylic acids is 1. The Balaban J connectivity index is 0.00000160. The van der Waals surface area contributed by atoms with Crippen LogP contribution in [0, 0.1) is 6.92 Å². The lowest BCUT2D eigenvalue weighted by atomic mass is 10.1. The Kier molecular flexibility index (Phi) is 8.58. The average Bonchev–Trinajstić information content (AvgIpc) is 3.12. The minimum atomic E-state index is -0.330. The number of para-hydroxylation sites is 1. The maximum atomic E-state index is 12.8. The van der Waals surface area contributed by atoms with Crippen molar-refractivity contribution >= 4 is 36.4 Å². The van der Waals surface area contributed by atoms with E-state index < -0.39 is 0 Å². The van der Waals surface area contributed by atoms with Gasteiger partial charge in [0, 0.05) is 12.3 Å². The van der Waals surface area contributed by atoms with Crippen LogP contribution in [0.3, 0.4) is 0 Å². The first-order chi connectivity index (χ1) is 13.7. The fraction of sp³-hybridized carbons (Fsp3) is 0.300. The van der Waals surface area contributed by atoms with Gasteiger partial charge in [0.05, 0.1) is 17.9 Å². The van der Waals surface area contributed by atoms with Crippen molar-refractivity contribution in [1.82, 2.24) is 25.3 Å². The van der Waals surface area contributed by atoms with Crippen LogP contribution in [0.4, 0.5) is 5.69 Å². The monoisotopic (exact) mass is 450 g/mol. The molecule has 3 aromatic rings. The molecule has 30 heavy (non-hydrogen) atoms. The molecule has 1 aromatic carbocycles. The van der Waals surface area contributed by atoms with Gasteiger partial charge in [-0.05, 0) is 45.0 Å². The van der Waals surface area contributed by atoms with E-state index in [0.29, 0.717) is 22.9 Å².